The van der Waals surface area contributed by atoms with E-state index in [0.29, 0.717) is 97.2 Å². The molecule has 0 atom stereocenters. The minimum Gasteiger partial charge on any atom is -0.496 e. The Morgan fingerprint density at radius 3 is 0.506 bits per heavy atom. The zero-order valence-corrected chi connectivity index (χ0v) is 57.7. The van der Waals surface area contributed by atoms with Gasteiger partial charge in [0.15, 0.2) is 0 Å². The summed E-state index contributed by atoms with van der Waals surface area (Å²) >= 11 is 0. The van der Waals surface area contributed by atoms with E-state index < -0.39 is 0 Å². The first kappa shape index (κ1) is 68.5. The molecule has 0 aliphatic heterocycles. The number of rotatable bonds is 15. The third kappa shape index (κ3) is 16.6. The SMILES string of the molecule is COc1c2cc(C(C)(C)C)cc1Cc1cc(C(C)(C)C)cc(c1OCCCN)Cc1cc(C(C)(C)C)cc(c1OC)Cc1cc(C(C)(C)C)cc(c1OCCCN)Cc1cc(C(C)(C)C)cc(c1OC)Cc1cc(C(C)(C)C)cc(c1OCCCN)C2. The number of ether oxygens (including phenoxy) is 6. The quantitative estimate of drug-likeness (QED) is 0.0858. The number of benzene rings is 6. The van der Waals surface area contributed by atoms with Crippen LogP contribution in [0.15, 0.2) is 72.8 Å². The van der Waals surface area contributed by atoms with Crippen molar-refractivity contribution in [2.45, 2.75) is 215 Å². The largest absolute Gasteiger partial charge is 0.496 e. The molecule has 6 aromatic rings. The lowest BCUT2D eigenvalue weighted by Crippen LogP contribution is -2.18. The molecule has 0 radical (unpaired) electrons. The van der Waals surface area contributed by atoms with Gasteiger partial charge in [-0.05, 0) is 172 Å². The first-order valence-corrected chi connectivity index (χ1v) is 32.2. The fourth-order valence-corrected chi connectivity index (χ4v) is 12.0. The summed E-state index contributed by atoms with van der Waals surface area (Å²) in [5, 5.41) is 0. The van der Waals surface area contributed by atoms with E-state index in [-0.39, 0.29) is 32.5 Å². The average molecular weight is 1190 g/mol. The van der Waals surface area contributed by atoms with Crippen molar-refractivity contribution >= 4 is 0 Å². The van der Waals surface area contributed by atoms with E-state index in [9.17, 15) is 0 Å². The Bertz CT molecular complexity index is 2860. The van der Waals surface area contributed by atoms with E-state index in [1.807, 2.05) is 21.3 Å². The van der Waals surface area contributed by atoms with Crippen LogP contribution in [0.5, 0.6) is 34.5 Å². The molecule has 0 amide bonds. The van der Waals surface area contributed by atoms with Crippen molar-refractivity contribution in [3.8, 4) is 34.5 Å². The van der Waals surface area contributed by atoms with E-state index in [2.05, 4.69) is 197 Å². The maximum absolute atomic E-state index is 7.14. The Labute approximate surface area is 526 Å². The molecule has 0 unspecified atom stereocenters. The van der Waals surface area contributed by atoms with Crippen molar-refractivity contribution in [2.75, 3.05) is 60.8 Å². The van der Waals surface area contributed by atoms with Crippen LogP contribution in [0.25, 0.3) is 0 Å². The standard InChI is InChI=1S/C78H111N3O6/c1-73(2,3)61-37-49-31-55-43-64(76(10,11)12)45-57(70(55)85-28-22-25-79)33-51-39-62(74(4,5)6)41-53(68(51)83-20)35-59-47-66(78(16,17)18)48-60(72(59)87-30-24-27-81)36-54-42-63(75(7,8)9)40-52(69(54)84-21)34-58-46-65(77(13,14)15)44-56(71(58)86-29-23-26-80)32-50(38-61)67(49)82-19/h37-48H,22-36,79-81H2,1-21H3. The number of methoxy groups -OCH3 is 3. The van der Waals surface area contributed by atoms with Crippen molar-refractivity contribution in [3.05, 3.63) is 173 Å². The molecule has 0 saturated heterocycles. The molecule has 0 heterocycles. The number of nitrogens with two attached hydrogens (primary N) is 3. The van der Waals surface area contributed by atoms with Crippen molar-refractivity contribution < 1.29 is 28.4 Å². The molecule has 0 aromatic heterocycles. The van der Waals surface area contributed by atoms with Crippen molar-refractivity contribution in [2.24, 2.45) is 17.2 Å². The zero-order valence-electron chi connectivity index (χ0n) is 57.7. The molecule has 0 saturated carbocycles. The summed E-state index contributed by atoms with van der Waals surface area (Å²) in [7, 11) is 5.48. The minimum atomic E-state index is -0.197. The fraction of sp³-hybridized carbons (Fsp3) is 0.538. The minimum absolute atomic E-state index is 0.194. The number of fused-ring (bicyclic) bond motifs is 12. The molecule has 0 fully saturated rings. The molecule has 1 aliphatic rings. The molecule has 7 rings (SSSR count). The van der Waals surface area contributed by atoms with Gasteiger partial charge in [0.05, 0.1) is 41.2 Å². The molecule has 6 aromatic carbocycles. The van der Waals surface area contributed by atoms with Gasteiger partial charge >= 0.3 is 0 Å². The Hall–Kier alpha value is -6.00. The topological polar surface area (TPSA) is 133 Å². The Morgan fingerprint density at radius 1 is 0.253 bits per heavy atom. The van der Waals surface area contributed by atoms with Gasteiger partial charge < -0.3 is 45.6 Å². The van der Waals surface area contributed by atoms with Gasteiger partial charge in [0.2, 0.25) is 0 Å². The third-order valence-electron chi connectivity index (χ3n) is 17.3. The summed E-state index contributed by atoms with van der Waals surface area (Å²) in [5.41, 5.74) is 38.1. The van der Waals surface area contributed by atoms with Gasteiger partial charge in [0.25, 0.3) is 0 Å². The lowest BCUT2D eigenvalue weighted by Gasteiger charge is -2.29. The Morgan fingerprint density at radius 2 is 0.391 bits per heavy atom. The predicted octanol–water partition coefficient (Wildman–Crippen LogP) is 16.5. The van der Waals surface area contributed by atoms with Gasteiger partial charge in [-0.3, -0.25) is 0 Å². The maximum atomic E-state index is 7.14. The summed E-state index contributed by atoms with van der Waals surface area (Å²) in [4.78, 5) is 0. The summed E-state index contributed by atoms with van der Waals surface area (Å²) in [6.07, 6.45) is 5.55. The van der Waals surface area contributed by atoms with Crippen LogP contribution in [0.1, 0.15) is 244 Å². The van der Waals surface area contributed by atoms with Crippen LogP contribution in [0.2, 0.25) is 0 Å². The zero-order chi connectivity index (χ0) is 64.2. The lowest BCUT2D eigenvalue weighted by atomic mass is 9.79. The van der Waals surface area contributed by atoms with Crippen LogP contribution in [-0.4, -0.2) is 60.8 Å². The van der Waals surface area contributed by atoms with Crippen LogP contribution in [0.4, 0.5) is 0 Å². The van der Waals surface area contributed by atoms with Gasteiger partial charge in [0.1, 0.15) is 34.5 Å². The van der Waals surface area contributed by atoms with Crippen molar-refractivity contribution in [1.82, 2.24) is 0 Å². The van der Waals surface area contributed by atoms with Gasteiger partial charge in [0, 0.05) is 38.5 Å². The normalized spacial score (nSPS) is 13.7. The van der Waals surface area contributed by atoms with Crippen LogP contribution in [0, 0.1) is 0 Å². The smallest absolute Gasteiger partial charge is 0.126 e. The molecule has 12 bridgehead atoms. The van der Waals surface area contributed by atoms with E-state index >= 15 is 0 Å². The van der Waals surface area contributed by atoms with E-state index in [4.69, 9.17) is 45.6 Å². The second-order valence-electron chi connectivity index (χ2n) is 30.9. The molecule has 0 spiro atoms. The molecule has 87 heavy (non-hydrogen) atoms. The fourth-order valence-electron chi connectivity index (χ4n) is 12.0. The van der Waals surface area contributed by atoms with Crippen LogP contribution in [-0.2, 0) is 71.0 Å². The van der Waals surface area contributed by atoms with Crippen molar-refractivity contribution in [3.63, 3.8) is 0 Å². The molecular formula is C78H111N3O6. The molecule has 474 valence electrons. The van der Waals surface area contributed by atoms with Gasteiger partial charge in [-0.25, -0.2) is 0 Å². The van der Waals surface area contributed by atoms with Crippen molar-refractivity contribution in [1.29, 1.82) is 0 Å². The summed E-state index contributed by atoms with van der Waals surface area (Å²) in [6, 6.07) is 28.5. The second kappa shape index (κ2) is 27.4. The molecule has 9 nitrogen and oxygen atoms in total. The Balaban J connectivity index is 1.70. The second-order valence-corrected chi connectivity index (χ2v) is 30.9. The monoisotopic (exact) mass is 1190 g/mol. The van der Waals surface area contributed by atoms with E-state index in [1.54, 1.807) is 0 Å². The highest BCUT2D eigenvalue weighted by Gasteiger charge is 2.31. The first-order valence-electron chi connectivity index (χ1n) is 32.2. The maximum Gasteiger partial charge on any atom is 0.126 e. The van der Waals surface area contributed by atoms with Crippen LogP contribution >= 0.6 is 0 Å². The van der Waals surface area contributed by atoms with Gasteiger partial charge in [-0.2, -0.15) is 0 Å². The molecule has 1 aliphatic carbocycles. The van der Waals surface area contributed by atoms with Crippen LogP contribution < -0.4 is 45.6 Å². The molecule has 6 N–H and O–H groups in total. The highest BCUT2D eigenvalue weighted by Crippen LogP contribution is 2.46. The summed E-state index contributed by atoms with van der Waals surface area (Å²) in [6.45, 7) is 44.4. The van der Waals surface area contributed by atoms with Gasteiger partial charge in [-0.1, -0.05) is 197 Å². The molecule has 9 heteroatoms. The average Bonchev–Trinajstić information content (AvgIpc) is 1.20. The molecular weight excluding hydrogens is 1070 g/mol. The van der Waals surface area contributed by atoms with E-state index in [1.165, 1.54) is 33.4 Å². The Kier molecular flexibility index (Phi) is 21.6. The number of hydrogen-bond acceptors (Lipinski definition) is 9. The third-order valence-corrected chi connectivity index (χ3v) is 17.3. The number of hydrogen-bond donors (Lipinski definition) is 3. The van der Waals surface area contributed by atoms with E-state index in [0.717, 1.165) is 101 Å². The lowest BCUT2D eigenvalue weighted by molar-refractivity contribution is 0.307. The summed E-state index contributed by atoms with van der Waals surface area (Å²) in [5.74, 6) is 5.23. The highest BCUT2D eigenvalue weighted by molar-refractivity contribution is 5.61. The summed E-state index contributed by atoms with van der Waals surface area (Å²) < 4.78 is 41.6. The highest BCUT2D eigenvalue weighted by atomic mass is 16.5. The van der Waals surface area contributed by atoms with Crippen LogP contribution in [0.3, 0.4) is 0 Å². The van der Waals surface area contributed by atoms with Gasteiger partial charge in [-0.15, -0.1) is 0 Å². The first-order chi connectivity index (χ1) is 40.6. The predicted molar refractivity (Wildman–Crippen MR) is 365 cm³/mol.